The van der Waals surface area contributed by atoms with Gasteiger partial charge in [0.1, 0.15) is 5.75 Å². The van der Waals surface area contributed by atoms with E-state index in [0.29, 0.717) is 11.8 Å². The largest absolute Gasteiger partial charge is 0.508 e. The molecule has 2 nitrogen and oxygen atoms in total. The van der Waals surface area contributed by atoms with Gasteiger partial charge in [0.05, 0.1) is 0 Å². The van der Waals surface area contributed by atoms with Gasteiger partial charge in [0.25, 0.3) is 0 Å². The zero-order valence-electron chi connectivity index (χ0n) is 9.24. The highest BCUT2D eigenvalue weighted by molar-refractivity contribution is 5.27. The molecule has 1 rings (SSSR count). The third-order valence-electron chi connectivity index (χ3n) is 2.44. The van der Waals surface area contributed by atoms with E-state index in [-0.39, 0.29) is 0 Å². The molecule has 0 aliphatic heterocycles. The van der Waals surface area contributed by atoms with Gasteiger partial charge in [0, 0.05) is 6.04 Å². The summed E-state index contributed by atoms with van der Waals surface area (Å²) in [5.41, 5.74) is 1.22. The van der Waals surface area contributed by atoms with Gasteiger partial charge < -0.3 is 10.4 Å². The average Bonchev–Trinajstić information content (AvgIpc) is 2.26. The topological polar surface area (TPSA) is 32.3 Å². The Bertz CT molecular complexity index is 292. The Kier molecular flexibility index (Phi) is 4.91. The highest BCUT2D eigenvalue weighted by atomic mass is 16.3. The summed E-state index contributed by atoms with van der Waals surface area (Å²) < 4.78 is 0. The molecule has 0 aromatic heterocycles. The van der Waals surface area contributed by atoms with Crippen LogP contribution in [0.3, 0.4) is 0 Å². The molecular weight excluding hydrogens is 186 g/mol. The number of nitrogens with one attached hydrogen (secondary N) is 1. The lowest BCUT2D eigenvalue weighted by molar-refractivity contribution is 0.473. The molecular formula is C13H19NO. The van der Waals surface area contributed by atoms with Gasteiger partial charge in [0.2, 0.25) is 0 Å². The lowest BCUT2D eigenvalue weighted by Crippen LogP contribution is -2.21. The number of phenols is 1. The summed E-state index contributed by atoms with van der Waals surface area (Å²) in [4.78, 5) is 0. The Balaban J connectivity index is 2.57. The summed E-state index contributed by atoms with van der Waals surface area (Å²) in [5, 5.41) is 12.6. The fourth-order valence-electron chi connectivity index (χ4n) is 1.56. The summed E-state index contributed by atoms with van der Waals surface area (Å²) in [6.45, 7) is 6.79. The molecule has 0 aliphatic rings. The smallest absolute Gasteiger partial charge is 0.115 e. The number of benzene rings is 1. The average molecular weight is 205 g/mol. The maximum absolute atomic E-state index is 9.19. The summed E-state index contributed by atoms with van der Waals surface area (Å²) in [6.07, 6.45) is 3.94. The van der Waals surface area contributed by atoms with Crippen molar-refractivity contribution < 1.29 is 5.11 Å². The Morgan fingerprint density at radius 3 is 2.60 bits per heavy atom. The molecule has 0 bridgehead atoms. The monoisotopic (exact) mass is 205 g/mol. The van der Waals surface area contributed by atoms with Gasteiger partial charge in [-0.1, -0.05) is 25.1 Å². The molecule has 1 unspecified atom stereocenters. The number of hydrogen-bond acceptors (Lipinski definition) is 2. The molecule has 1 atom stereocenters. The van der Waals surface area contributed by atoms with Gasteiger partial charge in [-0.05, 0) is 37.1 Å². The Morgan fingerprint density at radius 1 is 1.40 bits per heavy atom. The van der Waals surface area contributed by atoms with Crippen LogP contribution < -0.4 is 5.32 Å². The minimum Gasteiger partial charge on any atom is -0.508 e. The maximum atomic E-state index is 9.19. The third-order valence-corrected chi connectivity index (χ3v) is 2.44. The van der Waals surface area contributed by atoms with Crippen LogP contribution in [0.2, 0.25) is 0 Å². The minimum absolute atomic E-state index is 0.319. The number of rotatable bonds is 6. The van der Waals surface area contributed by atoms with Crippen molar-refractivity contribution in [1.29, 1.82) is 0 Å². The second-order valence-corrected chi connectivity index (χ2v) is 3.58. The van der Waals surface area contributed by atoms with Crippen LogP contribution in [0.5, 0.6) is 5.75 Å². The second kappa shape index (κ2) is 6.25. The van der Waals surface area contributed by atoms with E-state index in [4.69, 9.17) is 0 Å². The first-order chi connectivity index (χ1) is 7.27. The predicted octanol–water partition coefficient (Wildman–Crippen LogP) is 3.01. The van der Waals surface area contributed by atoms with Crippen LogP contribution in [-0.4, -0.2) is 11.7 Å². The summed E-state index contributed by atoms with van der Waals surface area (Å²) in [5.74, 6) is 0.319. The van der Waals surface area contributed by atoms with Crippen LogP contribution in [0, 0.1) is 0 Å². The normalized spacial score (nSPS) is 12.3. The molecule has 0 saturated heterocycles. The van der Waals surface area contributed by atoms with Gasteiger partial charge in [-0.2, -0.15) is 0 Å². The van der Waals surface area contributed by atoms with Gasteiger partial charge in [0.15, 0.2) is 0 Å². The quantitative estimate of drug-likeness (QED) is 0.552. The molecule has 1 aromatic carbocycles. The molecule has 2 heteroatoms. The standard InChI is InChI=1S/C13H19NO/c1-3-5-10-14-13(4-2)11-6-8-12(15)9-7-11/h3,6-9,13-15H,1,4-5,10H2,2H3. The van der Waals surface area contributed by atoms with Crippen molar-refractivity contribution in [2.45, 2.75) is 25.8 Å². The van der Waals surface area contributed by atoms with Crippen molar-refractivity contribution in [3.05, 3.63) is 42.5 Å². The summed E-state index contributed by atoms with van der Waals surface area (Å²) in [7, 11) is 0. The summed E-state index contributed by atoms with van der Waals surface area (Å²) in [6, 6.07) is 7.75. The van der Waals surface area contributed by atoms with Crippen LogP contribution in [0.1, 0.15) is 31.4 Å². The first-order valence-electron chi connectivity index (χ1n) is 5.41. The zero-order chi connectivity index (χ0) is 11.1. The molecule has 0 saturated carbocycles. The van der Waals surface area contributed by atoms with E-state index in [2.05, 4.69) is 18.8 Å². The number of hydrogen-bond donors (Lipinski definition) is 2. The molecule has 0 fully saturated rings. The van der Waals surface area contributed by atoms with Crippen molar-refractivity contribution in [1.82, 2.24) is 5.32 Å². The van der Waals surface area contributed by atoms with Crippen molar-refractivity contribution in [2.75, 3.05) is 6.54 Å². The van der Waals surface area contributed by atoms with E-state index >= 15 is 0 Å². The molecule has 2 N–H and O–H groups in total. The van der Waals surface area contributed by atoms with Gasteiger partial charge in [-0.15, -0.1) is 6.58 Å². The molecule has 1 aromatic rings. The van der Waals surface area contributed by atoms with E-state index < -0.39 is 0 Å². The number of aromatic hydroxyl groups is 1. The summed E-state index contributed by atoms with van der Waals surface area (Å²) >= 11 is 0. The fourth-order valence-corrected chi connectivity index (χ4v) is 1.56. The van der Waals surface area contributed by atoms with Crippen LogP contribution in [0.4, 0.5) is 0 Å². The van der Waals surface area contributed by atoms with Gasteiger partial charge >= 0.3 is 0 Å². The predicted molar refractivity (Wildman–Crippen MR) is 64.0 cm³/mol. The van der Waals surface area contributed by atoms with Crippen LogP contribution >= 0.6 is 0 Å². The third kappa shape index (κ3) is 3.76. The van der Waals surface area contributed by atoms with Crippen LogP contribution in [0.25, 0.3) is 0 Å². The first-order valence-corrected chi connectivity index (χ1v) is 5.41. The molecule has 0 spiro atoms. The Hall–Kier alpha value is -1.28. The van der Waals surface area contributed by atoms with Gasteiger partial charge in [-0.25, -0.2) is 0 Å². The van der Waals surface area contributed by atoms with Crippen molar-refractivity contribution in [3.8, 4) is 5.75 Å². The Labute approximate surface area is 91.6 Å². The molecule has 0 amide bonds. The molecule has 0 aliphatic carbocycles. The highest BCUT2D eigenvalue weighted by Gasteiger charge is 2.07. The minimum atomic E-state index is 0.319. The Morgan fingerprint density at radius 2 is 2.07 bits per heavy atom. The van der Waals surface area contributed by atoms with E-state index in [0.717, 1.165) is 19.4 Å². The van der Waals surface area contributed by atoms with E-state index in [1.807, 2.05) is 18.2 Å². The molecule has 15 heavy (non-hydrogen) atoms. The fraction of sp³-hybridized carbons (Fsp3) is 0.385. The van der Waals surface area contributed by atoms with Gasteiger partial charge in [-0.3, -0.25) is 0 Å². The first kappa shape index (κ1) is 11.8. The SMILES string of the molecule is C=CCCNC(CC)c1ccc(O)cc1. The van der Waals surface area contributed by atoms with Crippen molar-refractivity contribution in [2.24, 2.45) is 0 Å². The lowest BCUT2D eigenvalue weighted by Gasteiger charge is -2.16. The zero-order valence-corrected chi connectivity index (χ0v) is 9.24. The second-order valence-electron chi connectivity index (χ2n) is 3.58. The van der Waals surface area contributed by atoms with Crippen LogP contribution in [0.15, 0.2) is 36.9 Å². The van der Waals surface area contributed by atoms with Crippen molar-refractivity contribution >= 4 is 0 Å². The highest BCUT2D eigenvalue weighted by Crippen LogP contribution is 2.19. The van der Waals surface area contributed by atoms with Crippen molar-refractivity contribution in [3.63, 3.8) is 0 Å². The van der Waals surface area contributed by atoms with Crippen LogP contribution in [-0.2, 0) is 0 Å². The molecule has 0 heterocycles. The molecule has 82 valence electrons. The maximum Gasteiger partial charge on any atom is 0.115 e. The van der Waals surface area contributed by atoms with E-state index in [9.17, 15) is 5.11 Å². The van der Waals surface area contributed by atoms with E-state index in [1.54, 1.807) is 12.1 Å². The number of phenolic OH excluding ortho intramolecular Hbond substituents is 1. The molecule has 0 radical (unpaired) electrons. The lowest BCUT2D eigenvalue weighted by atomic mass is 10.0. The van der Waals surface area contributed by atoms with E-state index in [1.165, 1.54) is 5.56 Å².